The van der Waals surface area contributed by atoms with E-state index in [0.717, 1.165) is 22.3 Å². The molecule has 0 amide bonds. The molecule has 0 spiro atoms. The van der Waals surface area contributed by atoms with E-state index in [-0.39, 0.29) is 5.56 Å². The largest absolute Gasteiger partial charge is 0.478 e. The summed E-state index contributed by atoms with van der Waals surface area (Å²) >= 11 is 0. The molecule has 1 aromatic carbocycles. The number of aromatic nitrogens is 1. The molecule has 0 saturated heterocycles. The molecule has 0 saturated carbocycles. The number of benzene rings is 1. The summed E-state index contributed by atoms with van der Waals surface area (Å²) < 4.78 is 1.95. The molecule has 2 aromatic heterocycles. The van der Waals surface area contributed by atoms with Gasteiger partial charge >= 0.3 is 5.97 Å². The van der Waals surface area contributed by atoms with Gasteiger partial charge in [0.1, 0.15) is 6.07 Å². The molecule has 0 fully saturated rings. The summed E-state index contributed by atoms with van der Waals surface area (Å²) in [6.07, 6.45) is 1.92. The van der Waals surface area contributed by atoms with E-state index in [4.69, 9.17) is 5.11 Å². The Morgan fingerprint density at radius 3 is 2.52 bits per heavy atom. The van der Waals surface area contributed by atoms with Crippen molar-refractivity contribution in [3.05, 3.63) is 65.4 Å². The quantitative estimate of drug-likeness (QED) is 0.779. The zero-order chi connectivity index (χ0) is 15.0. The van der Waals surface area contributed by atoms with Crippen molar-refractivity contribution in [1.29, 1.82) is 5.26 Å². The molecule has 0 aliphatic carbocycles. The van der Waals surface area contributed by atoms with E-state index in [9.17, 15) is 10.1 Å². The van der Waals surface area contributed by atoms with Crippen LogP contribution in [-0.2, 0) is 0 Å². The fraction of sp³-hybridized carbons (Fsp3) is 0.0588. The van der Waals surface area contributed by atoms with Gasteiger partial charge in [-0.3, -0.25) is 0 Å². The van der Waals surface area contributed by atoms with Crippen LogP contribution < -0.4 is 0 Å². The number of pyridine rings is 1. The zero-order valence-electron chi connectivity index (χ0n) is 11.4. The molecule has 3 rings (SSSR count). The van der Waals surface area contributed by atoms with Crippen LogP contribution in [0.2, 0.25) is 0 Å². The Hall–Kier alpha value is -3.06. The van der Waals surface area contributed by atoms with Crippen molar-refractivity contribution in [3.63, 3.8) is 0 Å². The molecule has 4 nitrogen and oxygen atoms in total. The first-order valence-corrected chi connectivity index (χ1v) is 6.45. The van der Waals surface area contributed by atoms with Crippen LogP contribution in [0.4, 0.5) is 0 Å². The summed E-state index contributed by atoms with van der Waals surface area (Å²) in [4.78, 5) is 10.9. The minimum absolute atomic E-state index is 0.246. The van der Waals surface area contributed by atoms with E-state index in [0.29, 0.717) is 5.56 Å². The highest BCUT2D eigenvalue weighted by Crippen LogP contribution is 2.26. The predicted octanol–water partition coefficient (Wildman–Crippen LogP) is 3.48. The van der Waals surface area contributed by atoms with Gasteiger partial charge < -0.3 is 9.51 Å². The van der Waals surface area contributed by atoms with Crippen molar-refractivity contribution >= 4 is 11.5 Å². The first kappa shape index (κ1) is 12.9. The topological polar surface area (TPSA) is 65.5 Å². The second-order valence-corrected chi connectivity index (χ2v) is 4.90. The SMILES string of the molecule is Cc1ccn2c(-c3ccc(C(=O)O)cc3)cc(C#N)c2c1. The monoisotopic (exact) mass is 276 g/mol. The van der Waals surface area contributed by atoms with Crippen LogP contribution in [0.3, 0.4) is 0 Å². The van der Waals surface area contributed by atoms with Crippen LogP contribution in [0.5, 0.6) is 0 Å². The summed E-state index contributed by atoms with van der Waals surface area (Å²) in [6, 6.07) is 14.6. The van der Waals surface area contributed by atoms with Crippen LogP contribution >= 0.6 is 0 Å². The lowest BCUT2D eigenvalue weighted by Crippen LogP contribution is -1.95. The lowest BCUT2D eigenvalue weighted by molar-refractivity contribution is 0.0697. The van der Waals surface area contributed by atoms with E-state index in [1.54, 1.807) is 24.3 Å². The lowest BCUT2D eigenvalue weighted by Gasteiger charge is -2.04. The number of aromatic carboxylic acids is 1. The minimum atomic E-state index is -0.949. The number of rotatable bonds is 2. The number of hydrogen-bond acceptors (Lipinski definition) is 2. The fourth-order valence-electron chi connectivity index (χ4n) is 2.40. The van der Waals surface area contributed by atoms with E-state index in [2.05, 4.69) is 6.07 Å². The van der Waals surface area contributed by atoms with Crippen LogP contribution in [0.25, 0.3) is 16.8 Å². The van der Waals surface area contributed by atoms with Crippen molar-refractivity contribution in [2.24, 2.45) is 0 Å². The maximum absolute atomic E-state index is 10.9. The maximum Gasteiger partial charge on any atom is 0.335 e. The Morgan fingerprint density at radius 2 is 1.90 bits per heavy atom. The van der Waals surface area contributed by atoms with Gasteiger partial charge in [-0.05, 0) is 48.4 Å². The molecule has 3 aromatic rings. The summed E-state index contributed by atoms with van der Waals surface area (Å²) in [5.74, 6) is -0.949. The first-order chi connectivity index (χ1) is 10.1. The van der Waals surface area contributed by atoms with Crippen LogP contribution in [0.15, 0.2) is 48.7 Å². The molecule has 0 atom stereocenters. The van der Waals surface area contributed by atoms with Crippen LogP contribution in [0.1, 0.15) is 21.5 Å². The standard InChI is InChI=1S/C17H12N2O2/c1-11-6-7-19-15(8-11)14(10-18)9-16(19)12-2-4-13(5-3-12)17(20)21/h2-9H,1H3,(H,20,21). The number of carboxylic acids is 1. The summed E-state index contributed by atoms with van der Waals surface area (Å²) in [6.45, 7) is 1.98. The van der Waals surface area contributed by atoms with Gasteiger partial charge in [-0.15, -0.1) is 0 Å². The maximum atomic E-state index is 10.9. The Balaban J connectivity index is 2.21. The second kappa shape index (κ2) is 4.80. The molecule has 0 bridgehead atoms. The number of aryl methyl sites for hydroxylation is 1. The van der Waals surface area contributed by atoms with Crippen molar-refractivity contribution in [3.8, 4) is 17.3 Å². The first-order valence-electron chi connectivity index (χ1n) is 6.45. The van der Waals surface area contributed by atoms with Crippen LogP contribution in [0, 0.1) is 18.3 Å². The van der Waals surface area contributed by atoms with Crippen molar-refractivity contribution < 1.29 is 9.90 Å². The van der Waals surface area contributed by atoms with Crippen molar-refractivity contribution in [1.82, 2.24) is 4.40 Å². The van der Waals surface area contributed by atoms with Crippen molar-refractivity contribution in [2.45, 2.75) is 6.92 Å². The Labute approximate surface area is 121 Å². The number of hydrogen-bond donors (Lipinski definition) is 1. The van der Waals surface area contributed by atoms with Crippen LogP contribution in [-0.4, -0.2) is 15.5 Å². The number of fused-ring (bicyclic) bond motifs is 1. The van der Waals surface area contributed by atoms with Gasteiger partial charge in [0.25, 0.3) is 0 Å². The summed E-state index contributed by atoms with van der Waals surface area (Å²) in [5.41, 5.74) is 4.55. The third kappa shape index (κ3) is 2.15. The molecule has 0 radical (unpaired) electrons. The zero-order valence-corrected chi connectivity index (χ0v) is 11.4. The van der Waals surface area contributed by atoms with Gasteiger partial charge in [0.2, 0.25) is 0 Å². The molecule has 102 valence electrons. The van der Waals surface area contributed by atoms with Crippen molar-refractivity contribution in [2.75, 3.05) is 0 Å². The van der Waals surface area contributed by atoms with Gasteiger partial charge in [0, 0.05) is 6.20 Å². The highest BCUT2D eigenvalue weighted by Gasteiger charge is 2.11. The summed E-state index contributed by atoms with van der Waals surface area (Å²) in [5, 5.41) is 18.2. The smallest absolute Gasteiger partial charge is 0.335 e. The molecular formula is C17H12N2O2. The third-order valence-electron chi connectivity index (χ3n) is 3.48. The minimum Gasteiger partial charge on any atom is -0.478 e. The molecule has 0 aliphatic rings. The Kier molecular flexibility index (Phi) is 2.96. The van der Waals surface area contributed by atoms with Gasteiger partial charge in [-0.25, -0.2) is 4.79 Å². The average Bonchev–Trinajstić information content (AvgIpc) is 2.85. The van der Waals surface area contributed by atoms with E-state index < -0.39 is 5.97 Å². The van der Waals surface area contributed by atoms with Gasteiger partial charge in [-0.2, -0.15) is 5.26 Å². The highest BCUT2D eigenvalue weighted by molar-refractivity contribution is 5.88. The number of carboxylic acid groups (broad SMARTS) is 1. The van der Waals surface area contributed by atoms with E-state index >= 15 is 0 Å². The van der Waals surface area contributed by atoms with Gasteiger partial charge in [0.15, 0.2) is 0 Å². The van der Waals surface area contributed by atoms with Gasteiger partial charge in [-0.1, -0.05) is 12.1 Å². The lowest BCUT2D eigenvalue weighted by atomic mass is 10.1. The number of carbonyl (C=O) groups is 1. The molecule has 0 unspecified atom stereocenters. The molecule has 0 aliphatic heterocycles. The average molecular weight is 276 g/mol. The molecule has 4 heteroatoms. The predicted molar refractivity (Wildman–Crippen MR) is 79.2 cm³/mol. The number of nitrogens with zero attached hydrogens (tertiary/aromatic N) is 2. The molecule has 2 heterocycles. The van der Waals surface area contributed by atoms with E-state index in [1.165, 1.54) is 0 Å². The van der Waals surface area contributed by atoms with E-state index in [1.807, 2.05) is 35.7 Å². The third-order valence-corrected chi connectivity index (χ3v) is 3.48. The Morgan fingerprint density at radius 1 is 1.19 bits per heavy atom. The normalized spacial score (nSPS) is 10.5. The van der Waals surface area contributed by atoms with Gasteiger partial charge in [0.05, 0.1) is 22.3 Å². The molecule has 21 heavy (non-hydrogen) atoms. The molecule has 1 N–H and O–H groups in total. The highest BCUT2D eigenvalue weighted by atomic mass is 16.4. The second-order valence-electron chi connectivity index (χ2n) is 4.90. The Bertz CT molecular complexity index is 884. The molecular weight excluding hydrogens is 264 g/mol. The number of nitriles is 1. The fourth-order valence-corrected chi connectivity index (χ4v) is 2.40. The summed E-state index contributed by atoms with van der Waals surface area (Å²) in [7, 11) is 0.